The normalized spacial score (nSPS) is 17.6. The van der Waals surface area contributed by atoms with E-state index in [1.54, 1.807) is 12.4 Å². The number of aromatic nitrogens is 4. The SMILES string of the molecule is FC(F)(F)c1cccc(CNc2nc(N3CCC(N4CCOCC4)CC3)nc3c2ncn3-c2ccccc2)c1. The molecule has 2 aromatic heterocycles. The van der Waals surface area contributed by atoms with Crippen molar-refractivity contribution in [1.82, 2.24) is 24.4 Å². The van der Waals surface area contributed by atoms with Crippen molar-refractivity contribution in [2.45, 2.75) is 31.6 Å². The van der Waals surface area contributed by atoms with Gasteiger partial charge in [0.15, 0.2) is 17.0 Å². The molecule has 204 valence electrons. The number of nitrogens with one attached hydrogen (secondary N) is 1. The van der Waals surface area contributed by atoms with Crippen molar-refractivity contribution in [3.05, 3.63) is 72.1 Å². The van der Waals surface area contributed by atoms with Crippen LogP contribution >= 0.6 is 0 Å². The number of anilines is 2. The molecule has 0 aliphatic carbocycles. The lowest BCUT2D eigenvalue weighted by Gasteiger charge is -2.40. The quantitative estimate of drug-likeness (QED) is 0.381. The lowest BCUT2D eigenvalue weighted by molar-refractivity contribution is -0.137. The smallest absolute Gasteiger partial charge is 0.379 e. The molecule has 8 nitrogen and oxygen atoms in total. The van der Waals surface area contributed by atoms with Gasteiger partial charge in [0.25, 0.3) is 0 Å². The number of hydrogen-bond donors (Lipinski definition) is 1. The molecule has 0 spiro atoms. The minimum Gasteiger partial charge on any atom is -0.379 e. The standard InChI is InChI=1S/C28H30F3N7O/c29-28(30,31)21-6-4-5-20(17-21)18-32-25-24-26(38(19-33-24)23-7-2-1-3-8-23)35-27(34-25)37-11-9-22(10-12-37)36-13-15-39-16-14-36/h1-8,17,19,22H,9-16,18H2,(H,32,34,35). The number of hydrogen-bond acceptors (Lipinski definition) is 7. The third-order valence-corrected chi connectivity index (χ3v) is 7.44. The third kappa shape index (κ3) is 5.55. The molecule has 4 aromatic rings. The van der Waals surface area contributed by atoms with Crippen molar-refractivity contribution < 1.29 is 17.9 Å². The molecular formula is C28H30F3N7O. The molecule has 0 amide bonds. The average molecular weight is 538 g/mol. The number of halogens is 3. The second kappa shape index (κ2) is 10.8. The highest BCUT2D eigenvalue weighted by molar-refractivity contribution is 5.85. The van der Waals surface area contributed by atoms with Crippen LogP contribution < -0.4 is 10.2 Å². The fraction of sp³-hybridized carbons (Fsp3) is 0.393. The van der Waals surface area contributed by atoms with Crippen molar-refractivity contribution in [3.63, 3.8) is 0 Å². The molecular weight excluding hydrogens is 507 g/mol. The summed E-state index contributed by atoms with van der Waals surface area (Å²) in [6.45, 7) is 5.31. The largest absolute Gasteiger partial charge is 0.416 e. The second-order valence-corrected chi connectivity index (χ2v) is 9.91. The summed E-state index contributed by atoms with van der Waals surface area (Å²) < 4.78 is 47.1. The first-order valence-electron chi connectivity index (χ1n) is 13.2. The molecule has 6 rings (SSSR count). The van der Waals surface area contributed by atoms with Crippen LogP contribution in [0.2, 0.25) is 0 Å². The molecule has 0 atom stereocenters. The Kier molecular flexibility index (Phi) is 7.09. The summed E-state index contributed by atoms with van der Waals surface area (Å²) in [6, 6.07) is 15.6. The Hall–Kier alpha value is -3.70. The Morgan fingerprint density at radius 3 is 2.44 bits per heavy atom. The maximum absolute atomic E-state index is 13.2. The number of para-hydroxylation sites is 1. The third-order valence-electron chi connectivity index (χ3n) is 7.44. The lowest BCUT2D eigenvalue weighted by atomic mass is 10.0. The monoisotopic (exact) mass is 537 g/mol. The summed E-state index contributed by atoms with van der Waals surface area (Å²) in [5, 5.41) is 3.24. The Bertz CT molecular complexity index is 1410. The van der Waals surface area contributed by atoms with E-state index >= 15 is 0 Å². The molecule has 0 bridgehead atoms. The molecule has 2 aliphatic heterocycles. The van der Waals surface area contributed by atoms with E-state index < -0.39 is 11.7 Å². The van der Waals surface area contributed by atoms with Crippen molar-refractivity contribution in [3.8, 4) is 5.69 Å². The van der Waals surface area contributed by atoms with Crippen LogP contribution in [-0.2, 0) is 17.5 Å². The van der Waals surface area contributed by atoms with Crippen LogP contribution in [0.3, 0.4) is 0 Å². The van der Waals surface area contributed by atoms with Gasteiger partial charge in [0.05, 0.1) is 18.8 Å². The maximum Gasteiger partial charge on any atom is 0.416 e. The van der Waals surface area contributed by atoms with E-state index in [2.05, 4.69) is 20.1 Å². The van der Waals surface area contributed by atoms with Crippen LogP contribution in [0.15, 0.2) is 60.9 Å². The van der Waals surface area contributed by atoms with Crippen molar-refractivity contribution in [1.29, 1.82) is 0 Å². The first-order chi connectivity index (χ1) is 19.0. The summed E-state index contributed by atoms with van der Waals surface area (Å²) in [5.74, 6) is 1.09. The molecule has 1 N–H and O–H groups in total. The summed E-state index contributed by atoms with van der Waals surface area (Å²) in [5.41, 5.74) is 1.96. The van der Waals surface area contributed by atoms with Gasteiger partial charge in [0, 0.05) is 44.5 Å². The van der Waals surface area contributed by atoms with Gasteiger partial charge in [-0.25, -0.2) is 4.98 Å². The van der Waals surface area contributed by atoms with Gasteiger partial charge in [-0.2, -0.15) is 23.1 Å². The van der Waals surface area contributed by atoms with Crippen LogP contribution in [0.1, 0.15) is 24.0 Å². The molecule has 0 unspecified atom stereocenters. The Balaban J connectivity index is 1.29. The summed E-state index contributed by atoms with van der Waals surface area (Å²) in [6.07, 6.45) is -0.676. The highest BCUT2D eigenvalue weighted by Gasteiger charge is 2.31. The zero-order chi connectivity index (χ0) is 26.8. The molecule has 0 radical (unpaired) electrons. The number of alkyl halides is 3. The van der Waals surface area contributed by atoms with Crippen LogP contribution in [0.25, 0.3) is 16.9 Å². The van der Waals surface area contributed by atoms with Gasteiger partial charge in [0.1, 0.15) is 6.33 Å². The van der Waals surface area contributed by atoms with Gasteiger partial charge in [-0.3, -0.25) is 9.47 Å². The Labute approximate surface area is 224 Å². The summed E-state index contributed by atoms with van der Waals surface area (Å²) >= 11 is 0. The Morgan fingerprint density at radius 2 is 1.69 bits per heavy atom. The van der Waals surface area contributed by atoms with Crippen LogP contribution in [0.5, 0.6) is 0 Å². The maximum atomic E-state index is 13.2. The van der Waals surface area contributed by atoms with Crippen LogP contribution in [0.4, 0.5) is 24.9 Å². The highest BCUT2D eigenvalue weighted by atomic mass is 19.4. The second-order valence-electron chi connectivity index (χ2n) is 9.91. The van der Waals surface area contributed by atoms with E-state index in [4.69, 9.17) is 14.7 Å². The number of rotatable bonds is 6. The first-order valence-corrected chi connectivity index (χ1v) is 13.2. The minimum absolute atomic E-state index is 0.173. The number of morpholine rings is 1. The van der Waals surface area contributed by atoms with Gasteiger partial charge in [-0.15, -0.1) is 0 Å². The van der Waals surface area contributed by atoms with E-state index in [0.29, 0.717) is 34.5 Å². The topological polar surface area (TPSA) is 71.3 Å². The molecule has 11 heteroatoms. The van der Waals surface area contributed by atoms with Gasteiger partial charge in [-0.1, -0.05) is 30.3 Å². The van der Waals surface area contributed by atoms with Crippen molar-refractivity contribution >= 4 is 22.9 Å². The molecule has 2 fully saturated rings. The number of benzene rings is 2. The predicted molar refractivity (Wildman–Crippen MR) is 143 cm³/mol. The zero-order valence-corrected chi connectivity index (χ0v) is 21.4. The predicted octanol–water partition coefficient (Wildman–Crippen LogP) is 4.75. The fourth-order valence-corrected chi connectivity index (χ4v) is 5.35. The number of imidazole rings is 1. The minimum atomic E-state index is -4.40. The first kappa shape index (κ1) is 25.6. The summed E-state index contributed by atoms with van der Waals surface area (Å²) in [4.78, 5) is 19.0. The number of fused-ring (bicyclic) bond motifs is 1. The van der Waals surface area contributed by atoms with Crippen LogP contribution in [-0.4, -0.2) is 69.9 Å². The average Bonchev–Trinajstić information content (AvgIpc) is 3.41. The van der Waals surface area contributed by atoms with Gasteiger partial charge in [-0.05, 0) is 42.7 Å². The summed E-state index contributed by atoms with van der Waals surface area (Å²) in [7, 11) is 0. The lowest BCUT2D eigenvalue weighted by Crippen LogP contribution is -2.49. The van der Waals surface area contributed by atoms with E-state index in [9.17, 15) is 13.2 Å². The molecule has 4 heterocycles. The molecule has 2 aliphatic rings. The zero-order valence-electron chi connectivity index (χ0n) is 21.4. The van der Waals surface area contributed by atoms with Gasteiger partial charge < -0.3 is 15.0 Å². The van der Waals surface area contributed by atoms with E-state index in [0.717, 1.165) is 70.1 Å². The van der Waals surface area contributed by atoms with Gasteiger partial charge >= 0.3 is 6.18 Å². The van der Waals surface area contributed by atoms with Crippen LogP contribution in [0, 0.1) is 0 Å². The fourth-order valence-electron chi connectivity index (χ4n) is 5.35. The number of ether oxygens (including phenoxy) is 1. The molecule has 2 saturated heterocycles. The number of nitrogens with zero attached hydrogens (tertiary/aromatic N) is 6. The van der Waals surface area contributed by atoms with E-state index in [1.807, 2.05) is 34.9 Å². The number of piperidine rings is 1. The molecule has 0 saturated carbocycles. The van der Waals surface area contributed by atoms with Crippen molar-refractivity contribution in [2.24, 2.45) is 0 Å². The van der Waals surface area contributed by atoms with Crippen molar-refractivity contribution in [2.75, 3.05) is 49.6 Å². The Morgan fingerprint density at radius 1 is 0.923 bits per heavy atom. The highest BCUT2D eigenvalue weighted by Crippen LogP contribution is 2.31. The molecule has 39 heavy (non-hydrogen) atoms. The molecule has 2 aromatic carbocycles. The van der Waals surface area contributed by atoms with E-state index in [1.165, 1.54) is 6.07 Å². The van der Waals surface area contributed by atoms with Gasteiger partial charge in [0.2, 0.25) is 5.95 Å². The van der Waals surface area contributed by atoms with E-state index in [-0.39, 0.29) is 6.54 Å².